The highest BCUT2D eigenvalue weighted by Crippen LogP contribution is 2.33. The highest BCUT2D eigenvalue weighted by Gasteiger charge is 2.30. The molecule has 3 N–H and O–H groups in total. The van der Waals surface area contributed by atoms with Crippen molar-refractivity contribution in [1.82, 2.24) is 0 Å². The first-order valence-corrected chi connectivity index (χ1v) is 7.32. The second-order valence-corrected chi connectivity index (χ2v) is 5.50. The standard InChI is InChI=1S/C15H21N3O3.2ClH/c1-18-6-7-20-13-4-2-10(8-12(13)18)17-15(19)14-5-3-11(9-16)21-14;;/h2,4,8,11,14H,3,5-7,9,16H2,1H3,(H,17,19);2*1H/t11-,14+;;/m1../s1. The molecule has 0 aromatic heterocycles. The van der Waals surface area contributed by atoms with Crippen LogP contribution in [0.3, 0.4) is 0 Å². The summed E-state index contributed by atoms with van der Waals surface area (Å²) in [4.78, 5) is 14.3. The van der Waals surface area contributed by atoms with Crippen LogP contribution in [0.25, 0.3) is 0 Å². The Kier molecular flexibility index (Phi) is 7.41. The molecular formula is C15H23Cl2N3O3. The van der Waals surface area contributed by atoms with E-state index in [2.05, 4.69) is 10.2 Å². The zero-order valence-electron chi connectivity index (χ0n) is 13.0. The second-order valence-electron chi connectivity index (χ2n) is 5.50. The fourth-order valence-corrected chi connectivity index (χ4v) is 2.72. The lowest BCUT2D eigenvalue weighted by Gasteiger charge is -2.28. The molecule has 2 atom stereocenters. The third-order valence-corrected chi connectivity index (χ3v) is 3.98. The first-order valence-electron chi connectivity index (χ1n) is 7.32. The molecule has 1 saturated heterocycles. The van der Waals surface area contributed by atoms with Crippen LogP contribution in [0, 0.1) is 0 Å². The molecule has 1 aromatic carbocycles. The summed E-state index contributed by atoms with van der Waals surface area (Å²) in [5.41, 5.74) is 7.32. The van der Waals surface area contributed by atoms with E-state index < -0.39 is 6.10 Å². The maximum absolute atomic E-state index is 12.2. The molecule has 2 aliphatic rings. The van der Waals surface area contributed by atoms with Gasteiger partial charge in [0.2, 0.25) is 0 Å². The molecule has 0 radical (unpaired) electrons. The Morgan fingerprint density at radius 2 is 2.17 bits per heavy atom. The van der Waals surface area contributed by atoms with Gasteiger partial charge in [-0.15, -0.1) is 24.8 Å². The molecule has 0 spiro atoms. The summed E-state index contributed by atoms with van der Waals surface area (Å²) in [6.45, 7) is 1.99. The predicted octanol–water partition coefficient (Wildman–Crippen LogP) is 1.80. The molecule has 0 unspecified atom stereocenters. The van der Waals surface area contributed by atoms with Gasteiger partial charge in [0, 0.05) is 19.3 Å². The zero-order chi connectivity index (χ0) is 14.8. The number of anilines is 2. The number of carbonyl (C=O) groups excluding carboxylic acids is 1. The normalized spacial score (nSPS) is 22.3. The lowest BCUT2D eigenvalue weighted by molar-refractivity contribution is -0.126. The lowest BCUT2D eigenvalue weighted by Crippen LogP contribution is -2.30. The van der Waals surface area contributed by atoms with Crippen LogP contribution in [0.2, 0.25) is 0 Å². The predicted molar refractivity (Wildman–Crippen MR) is 95.3 cm³/mol. The maximum Gasteiger partial charge on any atom is 0.253 e. The van der Waals surface area contributed by atoms with Crippen LogP contribution < -0.4 is 20.7 Å². The lowest BCUT2D eigenvalue weighted by atomic mass is 10.1. The number of nitrogens with one attached hydrogen (secondary N) is 1. The highest BCUT2D eigenvalue weighted by atomic mass is 35.5. The van der Waals surface area contributed by atoms with Crippen molar-refractivity contribution in [1.29, 1.82) is 0 Å². The molecule has 8 heteroatoms. The Morgan fingerprint density at radius 1 is 1.39 bits per heavy atom. The van der Waals surface area contributed by atoms with E-state index in [1.807, 2.05) is 25.2 Å². The molecule has 3 rings (SSSR count). The van der Waals surface area contributed by atoms with Crippen LogP contribution in [0.15, 0.2) is 18.2 Å². The van der Waals surface area contributed by atoms with E-state index >= 15 is 0 Å². The minimum atomic E-state index is -0.399. The molecular weight excluding hydrogens is 341 g/mol. The van der Waals surface area contributed by atoms with Gasteiger partial charge in [-0.2, -0.15) is 0 Å². The molecule has 2 heterocycles. The third-order valence-electron chi connectivity index (χ3n) is 3.98. The quantitative estimate of drug-likeness (QED) is 0.856. The van der Waals surface area contributed by atoms with E-state index in [-0.39, 0.29) is 36.8 Å². The summed E-state index contributed by atoms with van der Waals surface area (Å²) < 4.78 is 11.2. The van der Waals surface area contributed by atoms with Crippen molar-refractivity contribution in [3.8, 4) is 5.75 Å². The van der Waals surface area contributed by atoms with Gasteiger partial charge in [-0.05, 0) is 31.0 Å². The minimum absolute atomic E-state index is 0. The third kappa shape index (κ3) is 4.41. The number of fused-ring (bicyclic) bond motifs is 1. The number of ether oxygens (including phenoxy) is 2. The Morgan fingerprint density at radius 3 is 2.87 bits per heavy atom. The van der Waals surface area contributed by atoms with Crippen LogP contribution in [0.5, 0.6) is 5.75 Å². The van der Waals surface area contributed by atoms with E-state index in [0.717, 1.165) is 36.5 Å². The minimum Gasteiger partial charge on any atom is -0.490 e. The topological polar surface area (TPSA) is 76.8 Å². The van der Waals surface area contributed by atoms with Crippen molar-refractivity contribution in [2.75, 3.05) is 37.0 Å². The van der Waals surface area contributed by atoms with Gasteiger partial charge < -0.3 is 25.4 Å². The Balaban J connectivity index is 0.00000132. The molecule has 1 amide bonds. The van der Waals surface area contributed by atoms with E-state index in [0.29, 0.717) is 13.2 Å². The first-order chi connectivity index (χ1) is 10.2. The fraction of sp³-hybridized carbons (Fsp3) is 0.533. The van der Waals surface area contributed by atoms with Crippen molar-refractivity contribution >= 4 is 42.1 Å². The molecule has 6 nitrogen and oxygen atoms in total. The van der Waals surface area contributed by atoms with E-state index in [1.54, 1.807) is 0 Å². The van der Waals surface area contributed by atoms with Crippen molar-refractivity contribution in [3.63, 3.8) is 0 Å². The summed E-state index contributed by atoms with van der Waals surface area (Å²) in [5.74, 6) is 0.743. The smallest absolute Gasteiger partial charge is 0.253 e. The number of nitrogens with two attached hydrogens (primary N) is 1. The van der Waals surface area contributed by atoms with E-state index in [4.69, 9.17) is 15.2 Å². The van der Waals surface area contributed by atoms with E-state index in [9.17, 15) is 4.79 Å². The van der Waals surface area contributed by atoms with Gasteiger partial charge in [0.25, 0.3) is 5.91 Å². The van der Waals surface area contributed by atoms with E-state index in [1.165, 1.54) is 0 Å². The summed E-state index contributed by atoms with van der Waals surface area (Å²) in [7, 11) is 2.01. The van der Waals surface area contributed by atoms with Crippen LogP contribution in [0.4, 0.5) is 11.4 Å². The molecule has 1 aromatic rings. The number of halogens is 2. The molecule has 0 bridgehead atoms. The monoisotopic (exact) mass is 363 g/mol. The van der Waals surface area contributed by atoms with Crippen molar-refractivity contribution in [2.24, 2.45) is 5.73 Å². The zero-order valence-corrected chi connectivity index (χ0v) is 14.6. The number of hydrogen-bond acceptors (Lipinski definition) is 5. The number of nitrogens with zero attached hydrogens (tertiary/aromatic N) is 1. The summed E-state index contributed by atoms with van der Waals surface area (Å²) in [6, 6.07) is 5.67. The maximum atomic E-state index is 12.2. The van der Waals surface area contributed by atoms with Crippen LogP contribution in [-0.4, -0.2) is 44.9 Å². The van der Waals surface area contributed by atoms with Gasteiger partial charge in [0.05, 0.1) is 18.3 Å². The van der Waals surface area contributed by atoms with Gasteiger partial charge >= 0.3 is 0 Å². The number of hydrogen-bond donors (Lipinski definition) is 2. The van der Waals surface area contributed by atoms with Gasteiger partial charge in [0.1, 0.15) is 18.5 Å². The van der Waals surface area contributed by atoms with Crippen LogP contribution >= 0.6 is 24.8 Å². The Hall–Kier alpha value is -1.21. The number of benzene rings is 1. The number of amides is 1. The average molecular weight is 364 g/mol. The Bertz CT molecular complexity index is 545. The Labute approximate surface area is 148 Å². The van der Waals surface area contributed by atoms with Crippen molar-refractivity contribution < 1.29 is 14.3 Å². The number of carbonyl (C=O) groups is 1. The molecule has 0 saturated carbocycles. The summed E-state index contributed by atoms with van der Waals surface area (Å²) >= 11 is 0. The molecule has 0 aliphatic carbocycles. The first kappa shape index (κ1) is 19.8. The molecule has 2 aliphatic heterocycles. The molecule has 1 fully saturated rings. The van der Waals surface area contributed by atoms with Gasteiger partial charge in [-0.3, -0.25) is 4.79 Å². The van der Waals surface area contributed by atoms with Crippen LogP contribution in [0.1, 0.15) is 12.8 Å². The van der Waals surface area contributed by atoms with Gasteiger partial charge in [-0.25, -0.2) is 0 Å². The van der Waals surface area contributed by atoms with Crippen molar-refractivity contribution in [3.05, 3.63) is 18.2 Å². The average Bonchev–Trinajstić information content (AvgIpc) is 2.97. The molecule has 130 valence electrons. The number of likely N-dealkylation sites (N-methyl/N-ethyl adjacent to an activating group) is 1. The van der Waals surface area contributed by atoms with Crippen LogP contribution in [-0.2, 0) is 9.53 Å². The largest absolute Gasteiger partial charge is 0.490 e. The molecule has 23 heavy (non-hydrogen) atoms. The van der Waals surface area contributed by atoms with Gasteiger partial charge in [-0.1, -0.05) is 0 Å². The number of rotatable bonds is 3. The summed E-state index contributed by atoms with van der Waals surface area (Å²) in [5, 5.41) is 2.91. The summed E-state index contributed by atoms with van der Waals surface area (Å²) in [6.07, 6.45) is 1.17. The SMILES string of the molecule is CN1CCOc2ccc(NC(=O)[C@@H]3CC[C@H](CN)O3)cc21.Cl.Cl. The second kappa shape index (κ2) is 8.59. The van der Waals surface area contributed by atoms with Crippen molar-refractivity contribution in [2.45, 2.75) is 25.0 Å². The fourth-order valence-electron chi connectivity index (χ4n) is 2.72. The highest BCUT2D eigenvalue weighted by molar-refractivity contribution is 5.95. The van der Waals surface area contributed by atoms with Gasteiger partial charge in [0.15, 0.2) is 0 Å².